The Balaban J connectivity index is 1.78. The maximum Gasteiger partial charge on any atom is 0.267 e. The van der Waals surface area contributed by atoms with Crippen LogP contribution >= 0.6 is 0 Å². The number of nitrogens with one attached hydrogen (secondary N) is 1. The lowest BCUT2D eigenvalue weighted by Crippen LogP contribution is -2.17. The van der Waals surface area contributed by atoms with Gasteiger partial charge < -0.3 is 11.1 Å². The van der Waals surface area contributed by atoms with Crippen molar-refractivity contribution in [2.45, 2.75) is 38.1 Å². The summed E-state index contributed by atoms with van der Waals surface area (Å²) < 4.78 is 3.39. The molecule has 144 valence electrons. The quantitative estimate of drug-likeness (QED) is 0.678. The zero-order valence-electron chi connectivity index (χ0n) is 15.7. The smallest absolute Gasteiger partial charge is 0.267 e. The molecule has 4 rings (SSSR count). The minimum atomic E-state index is -0.558. The molecule has 0 saturated heterocycles. The largest absolute Gasteiger partial charge is 0.364 e. The molecule has 1 fully saturated rings. The third kappa shape index (κ3) is 3.07. The number of nitrogens with zero attached hydrogens (tertiary/aromatic N) is 6. The molecule has 0 bridgehead atoms. The second-order valence-electron chi connectivity index (χ2n) is 7.10. The second kappa shape index (κ2) is 7.31. The Bertz CT molecular complexity index is 1050. The van der Waals surface area contributed by atoms with Gasteiger partial charge in [0, 0.05) is 18.8 Å². The van der Waals surface area contributed by atoms with Gasteiger partial charge in [-0.05, 0) is 30.9 Å². The van der Waals surface area contributed by atoms with Crippen LogP contribution in [0.2, 0.25) is 0 Å². The Morgan fingerprint density at radius 1 is 1.43 bits per heavy atom. The van der Waals surface area contributed by atoms with Crippen LogP contribution in [0.3, 0.4) is 0 Å². The van der Waals surface area contributed by atoms with Gasteiger partial charge in [-0.25, -0.2) is 9.50 Å². The van der Waals surface area contributed by atoms with E-state index in [4.69, 9.17) is 5.73 Å². The van der Waals surface area contributed by atoms with E-state index in [2.05, 4.69) is 26.6 Å². The molecule has 3 heterocycles. The van der Waals surface area contributed by atoms with Gasteiger partial charge in [-0.2, -0.15) is 10.4 Å². The van der Waals surface area contributed by atoms with Gasteiger partial charge >= 0.3 is 0 Å². The van der Waals surface area contributed by atoms with E-state index in [-0.39, 0.29) is 11.7 Å². The Hall–Kier alpha value is -3.41. The summed E-state index contributed by atoms with van der Waals surface area (Å²) in [5, 5.41) is 21.1. The highest BCUT2D eigenvalue weighted by Gasteiger charge is 2.27. The number of fused-ring (bicyclic) bond motifs is 1. The number of anilines is 1. The van der Waals surface area contributed by atoms with Crippen LogP contribution in [0.5, 0.6) is 0 Å². The first kappa shape index (κ1) is 18.0. The summed E-state index contributed by atoms with van der Waals surface area (Å²) in [4.78, 5) is 16.3. The van der Waals surface area contributed by atoms with Crippen LogP contribution in [0.25, 0.3) is 16.8 Å². The van der Waals surface area contributed by atoms with Gasteiger partial charge in [0.15, 0.2) is 0 Å². The first-order chi connectivity index (χ1) is 13.6. The lowest BCUT2D eigenvalue weighted by molar-refractivity contribution is 0.0994. The van der Waals surface area contributed by atoms with Crippen molar-refractivity contribution in [1.29, 1.82) is 5.26 Å². The van der Waals surface area contributed by atoms with Gasteiger partial charge in [0.05, 0.1) is 30.2 Å². The van der Waals surface area contributed by atoms with Gasteiger partial charge in [0.1, 0.15) is 11.4 Å². The summed E-state index contributed by atoms with van der Waals surface area (Å²) in [5.41, 5.74) is 7.88. The molecule has 0 radical (unpaired) electrons. The zero-order valence-corrected chi connectivity index (χ0v) is 15.7. The van der Waals surface area contributed by atoms with Crippen molar-refractivity contribution in [1.82, 2.24) is 24.4 Å². The van der Waals surface area contributed by atoms with E-state index < -0.39 is 5.91 Å². The first-order valence-electron chi connectivity index (χ1n) is 9.41. The lowest BCUT2D eigenvalue weighted by Gasteiger charge is -2.21. The molecule has 1 amide bonds. The highest BCUT2D eigenvalue weighted by atomic mass is 16.1. The van der Waals surface area contributed by atoms with Crippen molar-refractivity contribution in [3.63, 3.8) is 0 Å². The topological polar surface area (TPSA) is 127 Å². The van der Waals surface area contributed by atoms with Crippen LogP contribution < -0.4 is 11.1 Å². The summed E-state index contributed by atoms with van der Waals surface area (Å²) in [5.74, 6) is 0.288. The SMILES string of the molecule is CNc1nc(-c2cnn(C(CC#N)C3CCCC3)c2)c2ccc(C(N)=O)n2n1. The molecule has 1 saturated carbocycles. The van der Waals surface area contributed by atoms with Crippen molar-refractivity contribution in [2.24, 2.45) is 11.7 Å². The molecule has 3 aromatic heterocycles. The third-order valence-electron chi connectivity index (χ3n) is 5.45. The second-order valence-corrected chi connectivity index (χ2v) is 7.10. The van der Waals surface area contributed by atoms with Crippen LogP contribution in [0.4, 0.5) is 5.95 Å². The fourth-order valence-electron chi connectivity index (χ4n) is 4.05. The Labute approximate surface area is 162 Å². The van der Waals surface area contributed by atoms with Gasteiger partial charge in [-0.15, -0.1) is 5.10 Å². The Kier molecular flexibility index (Phi) is 4.69. The molecule has 0 spiro atoms. The molecular weight excluding hydrogens is 356 g/mol. The normalized spacial score (nSPS) is 15.6. The highest BCUT2D eigenvalue weighted by molar-refractivity contribution is 5.93. The molecule has 1 aliphatic rings. The minimum absolute atomic E-state index is 0.0656. The predicted octanol–water partition coefficient (Wildman–Crippen LogP) is 2.38. The van der Waals surface area contributed by atoms with Crippen LogP contribution in [0, 0.1) is 17.2 Å². The van der Waals surface area contributed by atoms with Gasteiger partial charge in [-0.1, -0.05) is 12.8 Å². The minimum Gasteiger partial charge on any atom is -0.364 e. The van der Waals surface area contributed by atoms with E-state index >= 15 is 0 Å². The average Bonchev–Trinajstić information content (AvgIpc) is 3.45. The van der Waals surface area contributed by atoms with Crippen molar-refractivity contribution in [3.05, 3.63) is 30.2 Å². The average molecular weight is 378 g/mol. The maximum atomic E-state index is 11.7. The van der Waals surface area contributed by atoms with E-state index in [0.29, 0.717) is 29.5 Å². The summed E-state index contributed by atoms with van der Waals surface area (Å²) >= 11 is 0. The van der Waals surface area contributed by atoms with E-state index in [1.165, 1.54) is 17.4 Å². The summed E-state index contributed by atoms with van der Waals surface area (Å²) in [6, 6.07) is 5.78. The number of nitrogens with two attached hydrogens (primary N) is 1. The molecule has 1 atom stereocenters. The highest BCUT2D eigenvalue weighted by Crippen LogP contribution is 2.36. The predicted molar refractivity (Wildman–Crippen MR) is 103 cm³/mol. The number of primary amides is 1. The van der Waals surface area contributed by atoms with Gasteiger partial charge in [-0.3, -0.25) is 9.48 Å². The lowest BCUT2D eigenvalue weighted by atomic mass is 9.96. The molecule has 1 aliphatic carbocycles. The number of hydrogen-bond donors (Lipinski definition) is 2. The van der Waals surface area contributed by atoms with E-state index in [9.17, 15) is 10.1 Å². The molecule has 1 unspecified atom stereocenters. The van der Waals surface area contributed by atoms with E-state index in [1.54, 1.807) is 25.4 Å². The van der Waals surface area contributed by atoms with Gasteiger partial charge in [0.25, 0.3) is 5.91 Å². The van der Waals surface area contributed by atoms with Crippen molar-refractivity contribution in [2.75, 3.05) is 12.4 Å². The van der Waals surface area contributed by atoms with E-state index in [0.717, 1.165) is 18.4 Å². The van der Waals surface area contributed by atoms with E-state index in [1.807, 2.05) is 10.9 Å². The van der Waals surface area contributed by atoms with Crippen LogP contribution in [-0.2, 0) is 0 Å². The maximum absolute atomic E-state index is 11.7. The van der Waals surface area contributed by atoms with Crippen molar-refractivity contribution in [3.8, 4) is 17.3 Å². The number of carbonyl (C=O) groups is 1. The number of amides is 1. The summed E-state index contributed by atoms with van der Waals surface area (Å²) in [7, 11) is 1.71. The number of aromatic nitrogens is 5. The van der Waals surface area contributed by atoms with Crippen LogP contribution in [-0.4, -0.2) is 37.3 Å². The molecule has 3 N–H and O–H groups in total. The number of nitriles is 1. The fourth-order valence-corrected chi connectivity index (χ4v) is 4.05. The molecule has 0 aliphatic heterocycles. The third-order valence-corrected chi connectivity index (χ3v) is 5.45. The number of rotatable bonds is 6. The van der Waals surface area contributed by atoms with Crippen molar-refractivity contribution < 1.29 is 4.79 Å². The summed E-state index contributed by atoms with van der Waals surface area (Å²) in [6.45, 7) is 0. The molecular formula is C19H22N8O. The number of carbonyl (C=O) groups excluding carboxylic acids is 1. The van der Waals surface area contributed by atoms with Crippen LogP contribution in [0.1, 0.15) is 48.6 Å². The molecule has 0 aromatic carbocycles. The monoisotopic (exact) mass is 378 g/mol. The Morgan fingerprint density at radius 2 is 2.21 bits per heavy atom. The van der Waals surface area contributed by atoms with Crippen LogP contribution in [0.15, 0.2) is 24.5 Å². The molecule has 9 heteroatoms. The molecule has 9 nitrogen and oxygen atoms in total. The number of hydrogen-bond acceptors (Lipinski definition) is 6. The Morgan fingerprint density at radius 3 is 2.89 bits per heavy atom. The fraction of sp³-hybridized carbons (Fsp3) is 0.421. The van der Waals surface area contributed by atoms with Gasteiger partial charge in [0.2, 0.25) is 5.95 Å². The first-order valence-corrected chi connectivity index (χ1v) is 9.41. The molecule has 28 heavy (non-hydrogen) atoms. The standard InChI is InChI=1S/C19H22N8O/c1-22-19-24-17(15-6-7-16(18(21)28)27(15)25-19)13-10-23-26(11-13)14(8-9-20)12-4-2-3-5-12/h6-7,10-12,14H,2-5,8H2,1H3,(H2,21,28)(H,22,25). The van der Waals surface area contributed by atoms with Crippen molar-refractivity contribution >= 4 is 17.4 Å². The molecule has 3 aromatic rings. The summed E-state index contributed by atoms with van der Waals surface area (Å²) in [6.07, 6.45) is 8.78. The zero-order chi connectivity index (χ0) is 19.7.